The summed E-state index contributed by atoms with van der Waals surface area (Å²) >= 11 is 0. The highest BCUT2D eigenvalue weighted by atomic mass is 15.1. The molecule has 0 spiro atoms. The number of hydrogen-bond acceptors (Lipinski definition) is 3. The Morgan fingerprint density at radius 3 is 2.12 bits per heavy atom. The number of para-hydroxylation sites is 1. The van der Waals surface area contributed by atoms with Crippen LogP contribution in [-0.4, -0.2) is 21.6 Å². The van der Waals surface area contributed by atoms with Crippen LogP contribution in [0.1, 0.15) is 52.9 Å². The van der Waals surface area contributed by atoms with Gasteiger partial charge in [0.2, 0.25) is 0 Å². The van der Waals surface area contributed by atoms with Crippen molar-refractivity contribution in [3.8, 4) is 33.6 Å². The zero-order valence-electron chi connectivity index (χ0n) is 31.7. The van der Waals surface area contributed by atoms with Crippen LogP contribution in [0.15, 0.2) is 162 Å². The molecule has 2 aliphatic rings. The minimum absolute atomic E-state index is 0.484. The third-order valence-corrected chi connectivity index (χ3v) is 12.2. The first kappa shape index (κ1) is 33.6. The van der Waals surface area contributed by atoms with Crippen molar-refractivity contribution in [1.82, 2.24) is 9.13 Å². The van der Waals surface area contributed by atoms with Gasteiger partial charge in [-0.1, -0.05) is 110 Å². The second kappa shape index (κ2) is 12.8. The first-order chi connectivity index (χ1) is 27.5. The molecule has 0 radical (unpaired) electrons. The number of fused-ring (bicyclic) bond motifs is 7. The Kier molecular flexibility index (Phi) is 7.68. The summed E-state index contributed by atoms with van der Waals surface area (Å²) in [6.45, 7) is 6.53. The van der Waals surface area contributed by atoms with E-state index in [1.165, 1.54) is 67.0 Å². The number of benzene rings is 6. The molecule has 0 amide bonds. The third-order valence-electron chi connectivity index (χ3n) is 12.2. The van der Waals surface area contributed by atoms with Crippen molar-refractivity contribution < 1.29 is 0 Å². The maximum atomic E-state index is 7.88. The smallest absolute Gasteiger partial charge is 0.146 e. The summed E-state index contributed by atoms with van der Waals surface area (Å²) in [4.78, 5) is 4.50. The Bertz CT molecular complexity index is 2990. The molecule has 0 saturated carbocycles. The van der Waals surface area contributed by atoms with E-state index < -0.39 is 5.41 Å². The van der Waals surface area contributed by atoms with E-state index >= 15 is 0 Å². The Balaban J connectivity index is 1.12. The Labute approximate surface area is 326 Å². The second-order valence-corrected chi connectivity index (χ2v) is 14.9. The quantitative estimate of drug-likeness (QED) is 0.119. The second-order valence-electron chi connectivity index (χ2n) is 14.9. The van der Waals surface area contributed by atoms with Gasteiger partial charge < -0.3 is 15.7 Å². The van der Waals surface area contributed by atoms with Crippen LogP contribution in [0.2, 0.25) is 0 Å². The Morgan fingerprint density at radius 1 is 0.732 bits per heavy atom. The number of nitrogens with two attached hydrogens (primary N) is 1. The molecule has 10 rings (SSSR count). The fraction of sp³-hybridized carbons (Fsp3) is 0.0980. The van der Waals surface area contributed by atoms with E-state index in [0.717, 1.165) is 51.6 Å². The van der Waals surface area contributed by atoms with Crippen molar-refractivity contribution in [1.29, 1.82) is 5.41 Å². The van der Waals surface area contributed by atoms with Gasteiger partial charge in [0, 0.05) is 51.4 Å². The van der Waals surface area contributed by atoms with Crippen LogP contribution in [0.25, 0.3) is 55.4 Å². The number of nitrogens with one attached hydrogen (secondary N) is 1. The molecule has 5 heteroatoms. The van der Waals surface area contributed by atoms with Gasteiger partial charge in [0.15, 0.2) is 0 Å². The SMILES string of the molecule is CCc1cccc(C2(/C(C)=C/C=C\N)c3ccccc3-c3cc4c(cc32)c2ccccc2n4-c2ccc(-c3ccc(-n4c(C)c(C=N)c5c4N=C5)cc3)cc2)c1. The monoisotopic (exact) mass is 723 g/mol. The fourth-order valence-corrected chi connectivity index (χ4v) is 9.46. The molecule has 3 heterocycles. The van der Waals surface area contributed by atoms with E-state index in [9.17, 15) is 0 Å². The molecule has 2 aromatic heterocycles. The Morgan fingerprint density at radius 2 is 1.45 bits per heavy atom. The number of aryl methyl sites for hydroxylation is 1. The van der Waals surface area contributed by atoms with Gasteiger partial charge >= 0.3 is 0 Å². The summed E-state index contributed by atoms with van der Waals surface area (Å²) in [5, 5.41) is 10.3. The first-order valence-electron chi connectivity index (χ1n) is 19.3. The summed E-state index contributed by atoms with van der Waals surface area (Å²) < 4.78 is 4.56. The number of hydrogen-bond donors (Lipinski definition) is 2. The summed E-state index contributed by atoms with van der Waals surface area (Å²) in [5.41, 5.74) is 24.2. The van der Waals surface area contributed by atoms with Gasteiger partial charge in [-0.3, -0.25) is 4.57 Å². The van der Waals surface area contributed by atoms with Crippen LogP contribution in [-0.2, 0) is 11.8 Å². The first-order valence-corrected chi connectivity index (χ1v) is 19.3. The summed E-state index contributed by atoms with van der Waals surface area (Å²) in [6, 6.07) is 49.3. The molecule has 1 aliphatic heterocycles. The van der Waals surface area contributed by atoms with E-state index in [-0.39, 0.29) is 0 Å². The standard InChI is InChI=1S/C51H41N5/c1-4-34-12-9-13-37(27-34)51(32(2)11-10-26-52)46-16-7-5-14-40(46)42-29-49-43(28-47(42)51)41-15-6-8-17-48(41)56(49)39-24-20-36(21-25-39)35-18-22-38(23-19-35)55-33(3)44(30-53)45-31-54-50(45)55/h5-31,53H,4,52H2,1-3H3/b26-10-,32-11+,53-30?. The predicted octanol–water partition coefficient (Wildman–Crippen LogP) is 11.9. The molecule has 5 nitrogen and oxygen atoms in total. The lowest BCUT2D eigenvalue weighted by Gasteiger charge is -2.34. The lowest BCUT2D eigenvalue weighted by molar-refractivity contribution is 0.745. The molecule has 3 N–H and O–H groups in total. The Hall–Kier alpha value is -6.98. The molecule has 0 fully saturated rings. The van der Waals surface area contributed by atoms with Crippen molar-refractivity contribution in [2.24, 2.45) is 10.7 Å². The largest absolute Gasteiger partial charge is 0.405 e. The van der Waals surface area contributed by atoms with Gasteiger partial charge in [0.05, 0.1) is 16.4 Å². The number of rotatable bonds is 8. The van der Waals surface area contributed by atoms with Gasteiger partial charge in [0.25, 0.3) is 0 Å². The van der Waals surface area contributed by atoms with Crippen molar-refractivity contribution >= 4 is 40.1 Å². The molecule has 1 aliphatic carbocycles. The molecule has 1 atom stereocenters. The maximum Gasteiger partial charge on any atom is 0.146 e. The van der Waals surface area contributed by atoms with Crippen LogP contribution in [0, 0.1) is 12.3 Å². The van der Waals surface area contributed by atoms with E-state index in [0.29, 0.717) is 0 Å². The average molecular weight is 724 g/mol. The topological polar surface area (TPSA) is 72.1 Å². The normalized spacial score (nSPS) is 15.7. The number of nitrogens with zero attached hydrogens (tertiary/aromatic N) is 3. The van der Waals surface area contributed by atoms with Crippen molar-refractivity contribution in [3.63, 3.8) is 0 Å². The minimum atomic E-state index is -0.484. The molecule has 0 saturated heterocycles. The summed E-state index contributed by atoms with van der Waals surface area (Å²) in [5.74, 6) is 0.921. The predicted molar refractivity (Wildman–Crippen MR) is 234 cm³/mol. The fourth-order valence-electron chi connectivity index (χ4n) is 9.46. The molecular formula is C51H41N5. The maximum absolute atomic E-state index is 7.88. The molecule has 6 aromatic carbocycles. The lowest BCUT2D eigenvalue weighted by Crippen LogP contribution is -2.28. The number of allylic oxidation sites excluding steroid dienone is 3. The molecule has 1 unspecified atom stereocenters. The van der Waals surface area contributed by atoms with Crippen molar-refractivity contribution in [3.05, 3.63) is 196 Å². The zero-order valence-corrected chi connectivity index (χ0v) is 31.7. The molecule has 0 bridgehead atoms. The molecule has 8 aromatic rings. The van der Waals surface area contributed by atoms with Crippen LogP contribution < -0.4 is 5.73 Å². The van der Waals surface area contributed by atoms with Crippen molar-refractivity contribution in [2.45, 2.75) is 32.6 Å². The van der Waals surface area contributed by atoms with E-state index in [4.69, 9.17) is 11.1 Å². The van der Waals surface area contributed by atoms with Crippen molar-refractivity contribution in [2.75, 3.05) is 0 Å². The van der Waals surface area contributed by atoms with E-state index in [1.54, 1.807) is 6.20 Å². The van der Waals surface area contributed by atoms with E-state index in [2.05, 4.69) is 174 Å². The van der Waals surface area contributed by atoms with Crippen LogP contribution in [0.4, 0.5) is 5.82 Å². The van der Waals surface area contributed by atoms with Gasteiger partial charge in [-0.25, -0.2) is 4.99 Å². The highest BCUT2D eigenvalue weighted by molar-refractivity contribution is 6.12. The van der Waals surface area contributed by atoms with Gasteiger partial charge in [0.1, 0.15) is 5.82 Å². The molecular weight excluding hydrogens is 683 g/mol. The highest BCUT2D eigenvalue weighted by Crippen LogP contribution is 2.57. The molecule has 270 valence electrons. The van der Waals surface area contributed by atoms with Crippen LogP contribution in [0.3, 0.4) is 0 Å². The number of aromatic nitrogens is 2. The summed E-state index contributed by atoms with van der Waals surface area (Å²) in [6.07, 6.45) is 10.0. The minimum Gasteiger partial charge on any atom is -0.405 e. The summed E-state index contributed by atoms with van der Waals surface area (Å²) in [7, 11) is 0. The highest BCUT2D eigenvalue weighted by Gasteiger charge is 2.46. The molecule has 56 heavy (non-hydrogen) atoms. The van der Waals surface area contributed by atoms with Gasteiger partial charge in [-0.05, 0) is 120 Å². The lowest BCUT2D eigenvalue weighted by atomic mass is 9.67. The number of aliphatic imine (C=N–C) groups is 1. The zero-order chi connectivity index (χ0) is 38.1. The van der Waals surface area contributed by atoms with E-state index in [1.807, 2.05) is 12.3 Å². The van der Waals surface area contributed by atoms with Crippen LogP contribution >= 0.6 is 0 Å². The third kappa shape index (κ3) is 4.67. The average Bonchev–Trinajstić information content (AvgIpc) is 3.79. The van der Waals surface area contributed by atoms with Gasteiger partial charge in [-0.15, -0.1) is 0 Å². The van der Waals surface area contributed by atoms with Gasteiger partial charge in [-0.2, -0.15) is 0 Å². The van der Waals surface area contributed by atoms with Crippen LogP contribution in [0.5, 0.6) is 0 Å².